The first kappa shape index (κ1) is 10.4. The van der Waals surface area contributed by atoms with E-state index < -0.39 is 12.0 Å². The molecule has 0 rings (SSSR count). The molecule has 2 atom stereocenters. The Morgan fingerprint density at radius 2 is 1.91 bits per heavy atom. The molecule has 0 saturated heterocycles. The van der Waals surface area contributed by atoms with Crippen LogP contribution in [0.5, 0.6) is 0 Å². The smallest absolute Gasteiger partial charge is 0.325 e. The van der Waals surface area contributed by atoms with Gasteiger partial charge in [-0.25, -0.2) is 0 Å². The second-order valence-electron chi connectivity index (χ2n) is 2.18. The Balaban J connectivity index is 3.85. The standard InChI is InChI=1S/C6H10BrNO3/c1-3(7)5(9)8-4(2)6(10)11/h3-4H,1-2H3,(H,8,9)(H,10,11)/t3-,4+/m1/s1. The molecule has 1 amide bonds. The minimum Gasteiger partial charge on any atom is -0.480 e. The Morgan fingerprint density at radius 1 is 1.45 bits per heavy atom. The van der Waals surface area contributed by atoms with Crippen molar-refractivity contribution in [3.8, 4) is 0 Å². The number of carbonyl (C=O) groups excluding carboxylic acids is 1. The molecule has 64 valence electrons. The number of carbonyl (C=O) groups is 2. The van der Waals surface area contributed by atoms with E-state index in [1.165, 1.54) is 6.92 Å². The van der Waals surface area contributed by atoms with E-state index in [4.69, 9.17) is 5.11 Å². The molecule has 2 N–H and O–H groups in total. The van der Waals surface area contributed by atoms with Gasteiger partial charge in [0.2, 0.25) is 5.91 Å². The van der Waals surface area contributed by atoms with Crippen LogP contribution in [0.1, 0.15) is 13.8 Å². The molecule has 0 aliphatic rings. The van der Waals surface area contributed by atoms with Gasteiger partial charge in [0, 0.05) is 0 Å². The molecule has 5 heteroatoms. The number of amides is 1. The molecule has 4 nitrogen and oxygen atoms in total. The number of rotatable bonds is 3. The van der Waals surface area contributed by atoms with Crippen LogP contribution in [0.2, 0.25) is 0 Å². The van der Waals surface area contributed by atoms with Crippen LogP contribution in [0.3, 0.4) is 0 Å². The number of halogens is 1. The zero-order chi connectivity index (χ0) is 9.02. The summed E-state index contributed by atoms with van der Waals surface area (Å²) in [6.45, 7) is 3.04. The minimum atomic E-state index is -1.04. The molecule has 0 radical (unpaired) electrons. The van der Waals surface area contributed by atoms with E-state index in [0.717, 1.165) is 0 Å². The van der Waals surface area contributed by atoms with Crippen LogP contribution in [-0.2, 0) is 9.59 Å². The lowest BCUT2D eigenvalue weighted by molar-refractivity contribution is -0.141. The average molecular weight is 224 g/mol. The fourth-order valence-electron chi connectivity index (χ4n) is 0.390. The van der Waals surface area contributed by atoms with Gasteiger partial charge in [-0.15, -0.1) is 0 Å². The number of carboxylic acids is 1. The molecule has 0 aliphatic carbocycles. The first-order chi connectivity index (χ1) is 4.95. The van der Waals surface area contributed by atoms with Gasteiger partial charge in [0.25, 0.3) is 0 Å². The SMILES string of the molecule is C[C@H](NC(=O)[C@@H](C)Br)C(=O)O. The van der Waals surface area contributed by atoms with Crippen molar-refractivity contribution in [2.45, 2.75) is 24.7 Å². The largest absolute Gasteiger partial charge is 0.480 e. The molecule has 0 aliphatic heterocycles. The van der Waals surface area contributed by atoms with Crippen LogP contribution < -0.4 is 5.32 Å². The van der Waals surface area contributed by atoms with Gasteiger partial charge in [-0.1, -0.05) is 15.9 Å². The van der Waals surface area contributed by atoms with Crippen molar-refractivity contribution in [3.63, 3.8) is 0 Å². The third-order valence-electron chi connectivity index (χ3n) is 1.09. The number of hydrogen-bond acceptors (Lipinski definition) is 2. The molecule has 0 aromatic rings. The molecule has 0 saturated carbocycles. The number of nitrogens with one attached hydrogen (secondary N) is 1. The fraction of sp³-hybridized carbons (Fsp3) is 0.667. The molecule has 0 heterocycles. The van der Waals surface area contributed by atoms with E-state index >= 15 is 0 Å². The predicted molar refractivity (Wildman–Crippen MR) is 43.6 cm³/mol. The average Bonchev–Trinajstić information content (AvgIpc) is 1.87. The summed E-state index contributed by atoms with van der Waals surface area (Å²) in [6.07, 6.45) is 0. The van der Waals surface area contributed by atoms with Crippen molar-refractivity contribution in [3.05, 3.63) is 0 Å². The summed E-state index contributed by atoms with van der Waals surface area (Å²) in [7, 11) is 0. The lowest BCUT2D eigenvalue weighted by Gasteiger charge is -2.09. The lowest BCUT2D eigenvalue weighted by atomic mass is 10.3. The molecule has 0 unspecified atom stereocenters. The first-order valence-corrected chi connectivity index (χ1v) is 4.04. The van der Waals surface area contributed by atoms with E-state index in [0.29, 0.717) is 0 Å². The summed E-state index contributed by atoms with van der Waals surface area (Å²) in [5, 5.41) is 10.7. The summed E-state index contributed by atoms with van der Waals surface area (Å²) < 4.78 is 0. The quantitative estimate of drug-likeness (QED) is 0.680. The van der Waals surface area contributed by atoms with Crippen molar-refractivity contribution in [2.75, 3.05) is 0 Å². The summed E-state index contributed by atoms with van der Waals surface area (Å²) in [4.78, 5) is 20.7. The van der Waals surface area contributed by atoms with Gasteiger partial charge in [-0.05, 0) is 13.8 Å². The van der Waals surface area contributed by atoms with Crippen LogP contribution in [0.15, 0.2) is 0 Å². The van der Waals surface area contributed by atoms with Crippen molar-refractivity contribution < 1.29 is 14.7 Å². The van der Waals surface area contributed by atoms with Gasteiger partial charge >= 0.3 is 5.97 Å². The maximum atomic E-state index is 10.8. The number of hydrogen-bond donors (Lipinski definition) is 2. The Bertz CT molecular complexity index is 169. The van der Waals surface area contributed by atoms with Crippen molar-refractivity contribution in [2.24, 2.45) is 0 Å². The molecule has 0 aromatic heterocycles. The molecular weight excluding hydrogens is 214 g/mol. The highest BCUT2D eigenvalue weighted by molar-refractivity contribution is 9.10. The van der Waals surface area contributed by atoms with Crippen molar-refractivity contribution in [1.29, 1.82) is 0 Å². The fourth-order valence-corrected chi connectivity index (χ4v) is 0.522. The topological polar surface area (TPSA) is 66.4 Å². The van der Waals surface area contributed by atoms with Gasteiger partial charge in [0.1, 0.15) is 6.04 Å². The van der Waals surface area contributed by atoms with Crippen LogP contribution in [0, 0.1) is 0 Å². The summed E-state index contributed by atoms with van der Waals surface area (Å²) >= 11 is 3.01. The van der Waals surface area contributed by atoms with Crippen LogP contribution in [0.25, 0.3) is 0 Å². The lowest BCUT2D eigenvalue weighted by Crippen LogP contribution is -2.41. The Morgan fingerprint density at radius 3 is 2.18 bits per heavy atom. The second kappa shape index (κ2) is 4.33. The molecule has 0 fully saturated rings. The molecule has 0 aromatic carbocycles. The van der Waals surface area contributed by atoms with Crippen LogP contribution in [-0.4, -0.2) is 27.9 Å². The van der Waals surface area contributed by atoms with E-state index in [1.807, 2.05) is 0 Å². The Kier molecular flexibility index (Phi) is 4.10. The highest BCUT2D eigenvalue weighted by atomic mass is 79.9. The van der Waals surface area contributed by atoms with E-state index in [1.54, 1.807) is 6.92 Å². The highest BCUT2D eigenvalue weighted by Gasteiger charge is 2.16. The van der Waals surface area contributed by atoms with Crippen molar-refractivity contribution in [1.82, 2.24) is 5.32 Å². The van der Waals surface area contributed by atoms with Crippen LogP contribution >= 0.6 is 15.9 Å². The number of alkyl halides is 1. The maximum Gasteiger partial charge on any atom is 0.325 e. The van der Waals surface area contributed by atoms with Gasteiger partial charge in [0.05, 0.1) is 4.83 Å². The third kappa shape index (κ3) is 3.98. The van der Waals surface area contributed by atoms with Gasteiger partial charge < -0.3 is 10.4 Å². The third-order valence-corrected chi connectivity index (χ3v) is 1.51. The Labute approximate surface area is 73.1 Å². The Hall–Kier alpha value is -0.580. The van der Waals surface area contributed by atoms with E-state index in [2.05, 4.69) is 21.2 Å². The zero-order valence-electron chi connectivity index (χ0n) is 6.30. The van der Waals surface area contributed by atoms with Gasteiger partial charge in [0.15, 0.2) is 0 Å². The molecular formula is C6H10BrNO3. The van der Waals surface area contributed by atoms with E-state index in [-0.39, 0.29) is 10.7 Å². The highest BCUT2D eigenvalue weighted by Crippen LogP contribution is 1.97. The summed E-state index contributed by atoms with van der Waals surface area (Å²) in [6, 6.07) is -0.831. The van der Waals surface area contributed by atoms with E-state index in [9.17, 15) is 9.59 Å². The van der Waals surface area contributed by atoms with Gasteiger partial charge in [-0.3, -0.25) is 9.59 Å². The zero-order valence-corrected chi connectivity index (χ0v) is 7.88. The monoisotopic (exact) mass is 223 g/mol. The summed E-state index contributed by atoms with van der Waals surface area (Å²) in [5.41, 5.74) is 0. The maximum absolute atomic E-state index is 10.8. The number of carboxylic acid groups (broad SMARTS) is 1. The molecule has 0 bridgehead atoms. The predicted octanol–water partition coefficient (Wildman–Crippen LogP) is 0.359. The number of aliphatic carboxylic acids is 1. The molecule has 0 spiro atoms. The second-order valence-corrected chi connectivity index (χ2v) is 3.56. The van der Waals surface area contributed by atoms with Gasteiger partial charge in [-0.2, -0.15) is 0 Å². The first-order valence-electron chi connectivity index (χ1n) is 3.12. The molecule has 11 heavy (non-hydrogen) atoms. The van der Waals surface area contributed by atoms with Crippen molar-refractivity contribution >= 4 is 27.8 Å². The summed E-state index contributed by atoms with van der Waals surface area (Å²) in [5.74, 6) is -1.36. The normalized spacial score (nSPS) is 15.2. The minimum absolute atomic E-state index is 0.320. The van der Waals surface area contributed by atoms with Crippen LogP contribution in [0.4, 0.5) is 0 Å².